The molecular weight excluding hydrogens is 266 g/mol. The summed E-state index contributed by atoms with van der Waals surface area (Å²) in [6, 6.07) is 6.02. The highest BCUT2D eigenvalue weighted by Crippen LogP contribution is 2.26. The molecule has 4 nitrogen and oxygen atoms in total. The van der Waals surface area contributed by atoms with Crippen LogP contribution in [0.1, 0.15) is 36.8 Å². The summed E-state index contributed by atoms with van der Waals surface area (Å²) in [4.78, 5) is 13.3. The average molecular weight is 289 g/mol. The average Bonchev–Trinajstić information content (AvgIpc) is 2.95. The number of nitrogens with zero attached hydrogens (tertiary/aromatic N) is 1. The highest BCUT2D eigenvalue weighted by molar-refractivity contribution is 5.73. The maximum absolute atomic E-state index is 11.2. The van der Waals surface area contributed by atoms with Gasteiger partial charge in [-0.2, -0.15) is 0 Å². The molecule has 3 rings (SSSR count). The molecule has 1 heterocycles. The number of fused-ring (bicyclic) bond motifs is 1. The highest BCUT2D eigenvalue weighted by Gasteiger charge is 2.27. The number of aryl methyl sites for hydroxylation is 2. The van der Waals surface area contributed by atoms with Crippen LogP contribution in [0, 0.1) is 0 Å². The summed E-state index contributed by atoms with van der Waals surface area (Å²) in [6.45, 7) is 2.11. The van der Waals surface area contributed by atoms with E-state index in [-0.39, 0.29) is 6.04 Å². The van der Waals surface area contributed by atoms with Crippen molar-refractivity contribution in [2.45, 2.75) is 44.6 Å². The van der Waals surface area contributed by atoms with Crippen molar-refractivity contribution < 1.29 is 14.6 Å². The third kappa shape index (κ3) is 3.38. The number of aliphatic carboxylic acids is 1. The Morgan fingerprint density at radius 1 is 1.24 bits per heavy atom. The van der Waals surface area contributed by atoms with Gasteiger partial charge in [0.05, 0.1) is 0 Å². The number of carbonyl (C=O) groups is 1. The van der Waals surface area contributed by atoms with Crippen LogP contribution in [0.15, 0.2) is 18.2 Å². The van der Waals surface area contributed by atoms with E-state index in [2.05, 4.69) is 12.1 Å². The first-order chi connectivity index (χ1) is 10.2. The van der Waals surface area contributed by atoms with Crippen molar-refractivity contribution >= 4 is 5.97 Å². The van der Waals surface area contributed by atoms with Crippen LogP contribution in [0.2, 0.25) is 0 Å². The van der Waals surface area contributed by atoms with E-state index in [1.54, 1.807) is 0 Å². The van der Waals surface area contributed by atoms with Gasteiger partial charge in [0, 0.05) is 6.54 Å². The van der Waals surface area contributed by atoms with Crippen molar-refractivity contribution in [3.8, 4) is 5.75 Å². The smallest absolute Gasteiger partial charge is 0.320 e. The van der Waals surface area contributed by atoms with E-state index in [0.717, 1.165) is 38.0 Å². The minimum atomic E-state index is -0.702. The second-order valence-corrected chi connectivity index (χ2v) is 6.02. The Kier molecular flexibility index (Phi) is 4.44. The van der Waals surface area contributed by atoms with Gasteiger partial charge in [0.15, 0.2) is 0 Å². The van der Waals surface area contributed by atoms with E-state index in [9.17, 15) is 9.90 Å². The van der Waals surface area contributed by atoms with Crippen LogP contribution >= 0.6 is 0 Å². The lowest BCUT2D eigenvalue weighted by atomic mass is 10.0. The minimum absolute atomic E-state index is 0.331. The van der Waals surface area contributed by atoms with Crippen molar-refractivity contribution in [3.05, 3.63) is 29.3 Å². The molecule has 21 heavy (non-hydrogen) atoms. The molecule has 0 aromatic heterocycles. The molecule has 1 fully saturated rings. The van der Waals surface area contributed by atoms with Crippen LogP contribution in [0.4, 0.5) is 0 Å². The molecular formula is C17H23NO3. The van der Waals surface area contributed by atoms with Crippen molar-refractivity contribution in [3.63, 3.8) is 0 Å². The van der Waals surface area contributed by atoms with Gasteiger partial charge in [-0.1, -0.05) is 12.5 Å². The largest absolute Gasteiger partial charge is 0.492 e. The van der Waals surface area contributed by atoms with Crippen LogP contribution in [-0.2, 0) is 17.6 Å². The molecule has 0 spiro atoms. The summed E-state index contributed by atoms with van der Waals surface area (Å²) in [7, 11) is 0. The van der Waals surface area contributed by atoms with Crippen LogP contribution in [-0.4, -0.2) is 41.7 Å². The monoisotopic (exact) mass is 289 g/mol. The van der Waals surface area contributed by atoms with Gasteiger partial charge in [-0.15, -0.1) is 0 Å². The molecule has 1 aromatic carbocycles. The molecule has 0 radical (unpaired) electrons. The molecule has 4 heteroatoms. The second kappa shape index (κ2) is 6.48. The molecule has 1 atom stereocenters. The lowest BCUT2D eigenvalue weighted by molar-refractivity contribution is -0.144. The van der Waals surface area contributed by atoms with E-state index in [1.807, 2.05) is 11.0 Å². The first-order valence-electron chi connectivity index (χ1n) is 7.95. The Balaban J connectivity index is 1.52. The van der Waals surface area contributed by atoms with Gasteiger partial charge in [0.25, 0.3) is 0 Å². The van der Waals surface area contributed by atoms with E-state index in [0.29, 0.717) is 13.2 Å². The van der Waals surface area contributed by atoms with E-state index in [4.69, 9.17) is 4.74 Å². The zero-order valence-electron chi connectivity index (χ0n) is 12.4. The second-order valence-electron chi connectivity index (χ2n) is 6.02. The number of likely N-dealkylation sites (tertiary alicyclic amines) is 1. The summed E-state index contributed by atoms with van der Waals surface area (Å²) in [5.41, 5.74) is 2.86. The van der Waals surface area contributed by atoms with Gasteiger partial charge < -0.3 is 9.84 Å². The number of hydrogen-bond acceptors (Lipinski definition) is 3. The van der Waals surface area contributed by atoms with E-state index in [1.165, 1.54) is 24.0 Å². The SMILES string of the molecule is O=C(O)C1CCCCN1CCOc1ccc2c(c1)CCC2. The van der Waals surface area contributed by atoms with Gasteiger partial charge in [0.2, 0.25) is 0 Å². The number of carboxylic acid groups (broad SMARTS) is 1. The number of piperidine rings is 1. The molecule has 0 saturated carbocycles. The Labute approximate surface area is 125 Å². The van der Waals surface area contributed by atoms with Crippen molar-refractivity contribution in [2.75, 3.05) is 19.7 Å². The van der Waals surface area contributed by atoms with E-state index < -0.39 is 5.97 Å². The molecule has 1 aliphatic carbocycles. The van der Waals surface area contributed by atoms with Crippen LogP contribution in [0.25, 0.3) is 0 Å². The summed E-state index contributed by atoms with van der Waals surface area (Å²) >= 11 is 0. The maximum atomic E-state index is 11.2. The van der Waals surface area contributed by atoms with Crippen LogP contribution < -0.4 is 4.74 Å². The molecule has 1 aliphatic heterocycles. The quantitative estimate of drug-likeness (QED) is 0.905. The third-order valence-electron chi connectivity index (χ3n) is 4.62. The summed E-state index contributed by atoms with van der Waals surface area (Å²) < 4.78 is 5.83. The van der Waals surface area contributed by atoms with Crippen molar-refractivity contribution in [2.24, 2.45) is 0 Å². The van der Waals surface area contributed by atoms with Crippen LogP contribution in [0.5, 0.6) is 5.75 Å². The summed E-state index contributed by atoms with van der Waals surface area (Å²) in [5.74, 6) is 0.215. The normalized spacial score (nSPS) is 22.0. The Morgan fingerprint density at radius 3 is 2.95 bits per heavy atom. The zero-order chi connectivity index (χ0) is 14.7. The Bertz CT molecular complexity index is 515. The van der Waals surface area contributed by atoms with E-state index >= 15 is 0 Å². The van der Waals surface area contributed by atoms with Gasteiger partial charge in [0.1, 0.15) is 18.4 Å². The minimum Gasteiger partial charge on any atom is -0.492 e. The molecule has 1 saturated heterocycles. The first kappa shape index (κ1) is 14.4. The lowest BCUT2D eigenvalue weighted by Gasteiger charge is -2.32. The zero-order valence-corrected chi connectivity index (χ0v) is 12.4. The molecule has 114 valence electrons. The Morgan fingerprint density at radius 2 is 2.10 bits per heavy atom. The molecule has 0 amide bonds. The predicted octanol–water partition coefficient (Wildman–Crippen LogP) is 2.49. The summed E-state index contributed by atoms with van der Waals surface area (Å²) in [6.07, 6.45) is 6.44. The standard InChI is InChI=1S/C17H23NO3/c19-17(20)16-6-1-2-9-18(16)10-11-21-15-8-7-13-4-3-5-14(13)12-15/h7-8,12,16H,1-6,9-11H2,(H,19,20). The number of hydrogen-bond donors (Lipinski definition) is 1. The molecule has 1 aromatic rings. The van der Waals surface area contributed by atoms with Gasteiger partial charge in [-0.05, 0) is 61.9 Å². The van der Waals surface area contributed by atoms with Gasteiger partial charge >= 0.3 is 5.97 Å². The molecule has 1 N–H and O–H groups in total. The number of rotatable bonds is 5. The summed E-state index contributed by atoms with van der Waals surface area (Å²) in [5, 5.41) is 9.25. The van der Waals surface area contributed by atoms with Gasteiger partial charge in [-0.25, -0.2) is 0 Å². The number of ether oxygens (including phenoxy) is 1. The number of carboxylic acids is 1. The molecule has 1 unspecified atom stereocenters. The predicted molar refractivity (Wildman–Crippen MR) is 80.8 cm³/mol. The first-order valence-corrected chi connectivity index (χ1v) is 7.95. The van der Waals surface area contributed by atoms with Crippen LogP contribution in [0.3, 0.4) is 0 Å². The maximum Gasteiger partial charge on any atom is 0.320 e. The lowest BCUT2D eigenvalue weighted by Crippen LogP contribution is -2.46. The van der Waals surface area contributed by atoms with Crippen molar-refractivity contribution in [1.82, 2.24) is 4.90 Å². The fraction of sp³-hybridized carbons (Fsp3) is 0.588. The fourth-order valence-corrected chi connectivity index (χ4v) is 3.46. The fourth-order valence-electron chi connectivity index (χ4n) is 3.46. The molecule has 2 aliphatic rings. The third-order valence-corrected chi connectivity index (χ3v) is 4.62. The highest BCUT2D eigenvalue weighted by atomic mass is 16.5. The Hall–Kier alpha value is -1.55. The number of benzene rings is 1. The van der Waals surface area contributed by atoms with Crippen molar-refractivity contribution in [1.29, 1.82) is 0 Å². The molecule has 0 bridgehead atoms. The van der Waals surface area contributed by atoms with Gasteiger partial charge in [-0.3, -0.25) is 9.69 Å². The topological polar surface area (TPSA) is 49.8 Å².